The van der Waals surface area contributed by atoms with Gasteiger partial charge in [-0.25, -0.2) is 0 Å². The van der Waals surface area contributed by atoms with E-state index in [-0.39, 0.29) is 18.6 Å². The van der Waals surface area contributed by atoms with Crippen LogP contribution in [0.5, 0.6) is 0 Å². The molecule has 1 atom stereocenters. The van der Waals surface area contributed by atoms with E-state index in [1.807, 2.05) is 0 Å². The van der Waals surface area contributed by atoms with Crippen LogP contribution >= 0.6 is 0 Å². The van der Waals surface area contributed by atoms with Crippen molar-refractivity contribution in [2.75, 3.05) is 19.7 Å². The van der Waals surface area contributed by atoms with Crippen LogP contribution in [-0.4, -0.2) is 47.7 Å². The van der Waals surface area contributed by atoms with E-state index in [9.17, 15) is 4.79 Å². The number of hydrogen-bond donors (Lipinski definition) is 3. The van der Waals surface area contributed by atoms with Gasteiger partial charge >= 0.3 is 0 Å². The summed E-state index contributed by atoms with van der Waals surface area (Å²) < 4.78 is 0. The van der Waals surface area contributed by atoms with E-state index in [0.717, 1.165) is 12.8 Å². The second kappa shape index (κ2) is 4.55. The summed E-state index contributed by atoms with van der Waals surface area (Å²) in [6.45, 7) is 1.03. The van der Waals surface area contributed by atoms with Gasteiger partial charge in [0.05, 0.1) is 6.61 Å². The smallest absolute Gasteiger partial charge is 0.241 e. The van der Waals surface area contributed by atoms with Gasteiger partial charge < -0.3 is 21.5 Å². The van der Waals surface area contributed by atoms with Crippen molar-refractivity contribution in [2.45, 2.75) is 24.9 Å². The standard InChI is InChI=1S/C8H17N3O2/c9-6-1-3-11(4-2-6)8(13)7(10)5-12/h6-7,12H,1-5,9-10H2/t7-/m1/s1. The fraction of sp³-hybridized carbons (Fsp3) is 0.875. The number of rotatable bonds is 2. The molecule has 0 bridgehead atoms. The lowest BCUT2D eigenvalue weighted by molar-refractivity contribution is -0.134. The summed E-state index contributed by atoms with van der Waals surface area (Å²) in [5.74, 6) is -0.172. The molecule has 0 spiro atoms. The maximum Gasteiger partial charge on any atom is 0.241 e. The summed E-state index contributed by atoms with van der Waals surface area (Å²) >= 11 is 0. The van der Waals surface area contributed by atoms with Crippen molar-refractivity contribution in [3.63, 3.8) is 0 Å². The Morgan fingerprint density at radius 2 is 2.08 bits per heavy atom. The fourth-order valence-corrected chi connectivity index (χ4v) is 1.43. The molecule has 1 aliphatic heterocycles. The topological polar surface area (TPSA) is 92.6 Å². The second-order valence-corrected chi connectivity index (χ2v) is 3.45. The van der Waals surface area contributed by atoms with Crippen molar-refractivity contribution in [3.05, 3.63) is 0 Å². The van der Waals surface area contributed by atoms with Crippen LogP contribution in [-0.2, 0) is 4.79 Å². The average Bonchev–Trinajstić information content (AvgIpc) is 2.17. The first-order chi connectivity index (χ1) is 6.15. The highest BCUT2D eigenvalue weighted by atomic mass is 16.3. The molecule has 13 heavy (non-hydrogen) atoms. The van der Waals surface area contributed by atoms with Crippen LogP contribution < -0.4 is 11.5 Å². The lowest BCUT2D eigenvalue weighted by atomic mass is 10.1. The zero-order valence-electron chi connectivity index (χ0n) is 7.65. The molecule has 0 aliphatic carbocycles. The van der Waals surface area contributed by atoms with Crippen LogP contribution in [0.1, 0.15) is 12.8 Å². The predicted molar refractivity (Wildman–Crippen MR) is 48.9 cm³/mol. The quantitative estimate of drug-likeness (QED) is 0.478. The summed E-state index contributed by atoms with van der Waals surface area (Å²) in [6.07, 6.45) is 1.65. The molecule has 0 saturated carbocycles. The molecule has 1 fully saturated rings. The van der Waals surface area contributed by atoms with E-state index >= 15 is 0 Å². The maximum atomic E-state index is 11.4. The van der Waals surface area contributed by atoms with Crippen molar-refractivity contribution in [1.29, 1.82) is 0 Å². The normalized spacial score (nSPS) is 21.6. The Hall–Kier alpha value is -0.650. The molecule has 76 valence electrons. The molecular weight excluding hydrogens is 170 g/mol. The number of nitrogens with zero attached hydrogens (tertiary/aromatic N) is 1. The zero-order chi connectivity index (χ0) is 9.84. The molecule has 0 aromatic rings. The van der Waals surface area contributed by atoms with Gasteiger partial charge in [0, 0.05) is 19.1 Å². The second-order valence-electron chi connectivity index (χ2n) is 3.45. The van der Waals surface area contributed by atoms with E-state index in [2.05, 4.69) is 0 Å². The number of aliphatic hydroxyl groups is 1. The van der Waals surface area contributed by atoms with E-state index in [0.29, 0.717) is 13.1 Å². The summed E-state index contributed by atoms with van der Waals surface area (Å²) in [7, 11) is 0. The highest BCUT2D eigenvalue weighted by molar-refractivity contribution is 5.81. The molecule has 0 aromatic carbocycles. The number of carbonyl (C=O) groups is 1. The predicted octanol–water partition coefficient (Wildman–Crippen LogP) is -1.74. The van der Waals surface area contributed by atoms with Gasteiger partial charge in [-0.2, -0.15) is 0 Å². The zero-order valence-corrected chi connectivity index (χ0v) is 7.65. The number of piperidine rings is 1. The Labute approximate surface area is 77.7 Å². The Morgan fingerprint density at radius 3 is 2.54 bits per heavy atom. The Balaban J connectivity index is 2.40. The third kappa shape index (κ3) is 2.65. The van der Waals surface area contributed by atoms with Gasteiger partial charge in [-0.05, 0) is 12.8 Å². The van der Waals surface area contributed by atoms with Crippen molar-refractivity contribution in [2.24, 2.45) is 11.5 Å². The minimum atomic E-state index is -0.769. The number of amides is 1. The van der Waals surface area contributed by atoms with Crippen LogP contribution in [0.2, 0.25) is 0 Å². The lowest BCUT2D eigenvalue weighted by Gasteiger charge is -2.31. The maximum absolute atomic E-state index is 11.4. The van der Waals surface area contributed by atoms with Crippen LogP contribution in [0, 0.1) is 0 Å². The van der Waals surface area contributed by atoms with E-state index in [1.54, 1.807) is 4.90 Å². The minimum absolute atomic E-state index is 0.172. The van der Waals surface area contributed by atoms with E-state index in [4.69, 9.17) is 16.6 Å². The van der Waals surface area contributed by atoms with Crippen LogP contribution in [0.25, 0.3) is 0 Å². The molecule has 0 aromatic heterocycles. The van der Waals surface area contributed by atoms with Crippen molar-refractivity contribution in [3.8, 4) is 0 Å². The van der Waals surface area contributed by atoms with Gasteiger partial charge in [-0.15, -0.1) is 0 Å². The number of nitrogens with two attached hydrogens (primary N) is 2. The molecule has 5 heteroatoms. The lowest BCUT2D eigenvalue weighted by Crippen LogP contribution is -2.50. The average molecular weight is 187 g/mol. The first-order valence-electron chi connectivity index (χ1n) is 4.56. The summed E-state index contributed by atoms with van der Waals surface area (Å²) in [5, 5.41) is 8.69. The third-order valence-corrected chi connectivity index (χ3v) is 2.37. The molecule has 0 radical (unpaired) electrons. The van der Waals surface area contributed by atoms with Crippen LogP contribution in [0.3, 0.4) is 0 Å². The number of hydrogen-bond acceptors (Lipinski definition) is 4. The van der Waals surface area contributed by atoms with Crippen LogP contribution in [0.15, 0.2) is 0 Å². The number of aliphatic hydroxyl groups excluding tert-OH is 1. The summed E-state index contributed by atoms with van der Waals surface area (Å²) in [4.78, 5) is 13.1. The van der Waals surface area contributed by atoms with E-state index < -0.39 is 6.04 Å². The van der Waals surface area contributed by atoms with Crippen molar-refractivity contribution in [1.82, 2.24) is 4.90 Å². The molecule has 1 saturated heterocycles. The molecule has 1 heterocycles. The van der Waals surface area contributed by atoms with Gasteiger partial charge in [0.2, 0.25) is 5.91 Å². The molecule has 0 unspecified atom stereocenters. The van der Waals surface area contributed by atoms with Gasteiger partial charge in [0.15, 0.2) is 0 Å². The molecule has 1 rings (SSSR count). The third-order valence-electron chi connectivity index (χ3n) is 2.37. The highest BCUT2D eigenvalue weighted by Gasteiger charge is 2.24. The SMILES string of the molecule is NC1CCN(C(=O)[C@H](N)CO)CC1. The fourth-order valence-electron chi connectivity index (χ4n) is 1.43. The molecular formula is C8H17N3O2. The Morgan fingerprint density at radius 1 is 1.54 bits per heavy atom. The first kappa shape index (κ1) is 10.4. The van der Waals surface area contributed by atoms with E-state index in [1.165, 1.54) is 0 Å². The molecule has 5 nitrogen and oxygen atoms in total. The molecule has 1 aliphatic rings. The van der Waals surface area contributed by atoms with Gasteiger partial charge in [0.25, 0.3) is 0 Å². The highest BCUT2D eigenvalue weighted by Crippen LogP contribution is 2.08. The largest absolute Gasteiger partial charge is 0.394 e. The van der Waals surface area contributed by atoms with Crippen molar-refractivity contribution < 1.29 is 9.90 Å². The molecule has 5 N–H and O–H groups in total. The summed E-state index contributed by atoms with van der Waals surface area (Å²) in [6, 6.07) is -0.566. The number of carbonyl (C=O) groups excluding carboxylic acids is 1. The van der Waals surface area contributed by atoms with Crippen molar-refractivity contribution >= 4 is 5.91 Å². The summed E-state index contributed by atoms with van der Waals surface area (Å²) in [5.41, 5.74) is 11.1. The van der Waals surface area contributed by atoms with Gasteiger partial charge in [-0.3, -0.25) is 4.79 Å². The van der Waals surface area contributed by atoms with Crippen LogP contribution in [0.4, 0.5) is 0 Å². The Bertz CT molecular complexity index is 178. The Kier molecular flexibility index (Phi) is 3.65. The molecule has 1 amide bonds. The first-order valence-corrected chi connectivity index (χ1v) is 4.56. The van der Waals surface area contributed by atoms with Gasteiger partial charge in [-0.1, -0.05) is 0 Å². The monoisotopic (exact) mass is 187 g/mol. The number of likely N-dealkylation sites (tertiary alicyclic amines) is 1. The minimum Gasteiger partial charge on any atom is -0.394 e. The van der Waals surface area contributed by atoms with Gasteiger partial charge in [0.1, 0.15) is 6.04 Å².